The maximum Gasteiger partial charge on any atom is 0.329 e. The van der Waals surface area contributed by atoms with Gasteiger partial charge in [0.25, 0.3) is 6.47 Å². The summed E-state index contributed by atoms with van der Waals surface area (Å²) in [6.45, 7) is 7.81. The van der Waals surface area contributed by atoms with Crippen LogP contribution >= 0.6 is 0 Å². The third-order valence-electron chi connectivity index (χ3n) is 6.42. The van der Waals surface area contributed by atoms with E-state index in [2.05, 4.69) is 17.0 Å². The fourth-order valence-electron chi connectivity index (χ4n) is 4.69. The Balaban J connectivity index is 0.000000696. The van der Waals surface area contributed by atoms with Gasteiger partial charge in [0, 0.05) is 6.04 Å². The Hall–Kier alpha value is -2.41. The highest BCUT2D eigenvalue weighted by molar-refractivity contribution is 5.88. The molecule has 1 N–H and O–H groups in total. The first-order chi connectivity index (χ1) is 16.0. The summed E-state index contributed by atoms with van der Waals surface area (Å²) in [5.74, 6) is 0.217. The Morgan fingerprint density at radius 1 is 1.18 bits per heavy atom. The number of carbonyl (C=O) groups excluding carboxylic acids is 3. The average Bonchev–Trinajstić information content (AvgIpc) is 3.23. The average molecular weight is 461 g/mol. The molecule has 0 radical (unpaired) electrons. The van der Waals surface area contributed by atoms with Gasteiger partial charge in [-0.2, -0.15) is 0 Å². The summed E-state index contributed by atoms with van der Waals surface area (Å²) < 4.78 is 9.78. The van der Waals surface area contributed by atoms with Gasteiger partial charge in [-0.25, -0.2) is 4.79 Å². The van der Waals surface area contributed by atoms with Gasteiger partial charge < -0.3 is 19.7 Å². The molecular weight excluding hydrogens is 420 g/mol. The molecule has 1 aromatic rings. The molecule has 1 aliphatic heterocycles. The molecule has 1 heterocycles. The number of amides is 1. The summed E-state index contributed by atoms with van der Waals surface area (Å²) in [6.07, 6.45) is 7.32. The molecule has 0 bridgehead atoms. The molecular formula is C26H40N2O5. The van der Waals surface area contributed by atoms with E-state index >= 15 is 0 Å². The highest BCUT2D eigenvalue weighted by Gasteiger charge is 2.48. The van der Waals surface area contributed by atoms with Crippen LogP contribution in [0.5, 0.6) is 0 Å². The molecule has 2 fully saturated rings. The first-order valence-electron chi connectivity index (χ1n) is 12.3. The van der Waals surface area contributed by atoms with E-state index in [1.807, 2.05) is 42.2 Å². The van der Waals surface area contributed by atoms with E-state index in [0.717, 1.165) is 50.6 Å². The van der Waals surface area contributed by atoms with Gasteiger partial charge >= 0.3 is 5.97 Å². The number of carbonyl (C=O) groups is 3. The highest BCUT2D eigenvalue weighted by Crippen LogP contribution is 2.40. The summed E-state index contributed by atoms with van der Waals surface area (Å²) in [7, 11) is 0. The molecule has 1 unspecified atom stereocenters. The third kappa shape index (κ3) is 8.14. The minimum atomic E-state index is -0.445. The van der Waals surface area contributed by atoms with Crippen molar-refractivity contribution < 1.29 is 23.9 Å². The van der Waals surface area contributed by atoms with E-state index < -0.39 is 6.04 Å². The van der Waals surface area contributed by atoms with Gasteiger partial charge in [0.15, 0.2) is 0 Å². The summed E-state index contributed by atoms with van der Waals surface area (Å²) >= 11 is 0. The van der Waals surface area contributed by atoms with E-state index in [1.54, 1.807) is 6.92 Å². The smallest absolute Gasteiger partial charge is 0.329 e. The Morgan fingerprint density at radius 2 is 1.91 bits per heavy atom. The molecule has 1 amide bonds. The molecule has 2 aliphatic rings. The zero-order chi connectivity index (χ0) is 24.1. The van der Waals surface area contributed by atoms with Crippen LogP contribution in [0.3, 0.4) is 0 Å². The Labute approximate surface area is 198 Å². The third-order valence-corrected chi connectivity index (χ3v) is 6.42. The number of likely N-dealkylation sites (tertiary alicyclic amines) is 1. The lowest BCUT2D eigenvalue weighted by atomic mass is 9.84. The lowest BCUT2D eigenvalue weighted by molar-refractivity contribution is -0.156. The molecule has 1 aromatic carbocycles. The van der Waals surface area contributed by atoms with Crippen LogP contribution in [0.4, 0.5) is 0 Å². The number of benzene rings is 1. The number of nitrogens with one attached hydrogen (secondary N) is 1. The first-order valence-corrected chi connectivity index (χ1v) is 12.3. The fourth-order valence-corrected chi connectivity index (χ4v) is 4.69. The SMILES string of the molecule is CCCCN[C@@H](C)C(=O)N1[C@H](C(=O)OCc2ccccc2)CC2CCCC[C@@H]21.CCOC=O. The van der Waals surface area contributed by atoms with Crippen LogP contribution in [0.15, 0.2) is 30.3 Å². The van der Waals surface area contributed by atoms with E-state index in [-0.39, 0.29) is 30.6 Å². The van der Waals surface area contributed by atoms with Crippen LogP contribution in [-0.2, 0) is 30.5 Å². The van der Waals surface area contributed by atoms with Crippen molar-refractivity contribution in [2.24, 2.45) is 5.92 Å². The number of nitrogens with zero attached hydrogens (tertiary/aromatic N) is 1. The molecule has 0 aromatic heterocycles. The van der Waals surface area contributed by atoms with Crippen molar-refractivity contribution >= 4 is 18.3 Å². The van der Waals surface area contributed by atoms with Gasteiger partial charge in [-0.1, -0.05) is 56.5 Å². The molecule has 7 nitrogen and oxygen atoms in total. The predicted octanol–water partition coefficient (Wildman–Crippen LogP) is 3.85. The second kappa shape index (κ2) is 14.7. The molecule has 3 rings (SSSR count). The lowest BCUT2D eigenvalue weighted by Crippen LogP contribution is -2.53. The van der Waals surface area contributed by atoms with Gasteiger partial charge in [-0.05, 0) is 57.6 Å². The molecule has 184 valence electrons. The van der Waals surface area contributed by atoms with Crippen LogP contribution in [0, 0.1) is 5.92 Å². The maximum atomic E-state index is 13.2. The van der Waals surface area contributed by atoms with Crippen molar-refractivity contribution in [2.75, 3.05) is 13.2 Å². The highest BCUT2D eigenvalue weighted by atomic mass is 16.5. The molecule has 4 atom stereocenters. The number of ether oxygens (including phenoxy) is 2. The molecule has 1 saturated carbocycles. The number of unbranched alkanes of at least 4 members (excludes halogenated alkanes) is 1. The number of fused-ring (bicyclic) bond motifs is 1. The minimum absolute atomic E-state index is 0.0483. The van der Waals surface area contributed by atoms with Gasteiger partial charge in [0.1, 0.15) is 12.6 Å². The first kappa shape index (κ1) is 26.8. The van der Waals surface area contributed by atoms with Crippen LogP contribution in [0.1, 0.15) is 71.3 Å². The van der Waals surface area contributed by atoms with Crippen LogP contribution in [-0.4, -0.2) is 54.5 Å². The number of hydrogen-bond donors (Lipinski definition) is 1. The standard InChI is InChI=1S/C23H34N2O3.C3H6O2/c1-3-4-14-24-17(2)22(26)25-20-13-9-8-12-19(20)15-21(25)23(27)28-16-18-10-6-5-7-11-18;1-2-5-3-4/h5-7,10-11,17,19-21,24H,3-4,8-9,12-16H2,1-2H3;3H,2H2,1H3/t17-,19?,20-,21-;/m0./s1. The van der Waals surface area contributed by atoms with Gasteiger partial charge in [0.2, 0.25) is 5.91 Å². The van der Waals surface area contributed by atoms with E-state index in [9.17, 15) is 14.4 Å². The minimum Gasteiger partial charge on any atom is -0.468 e. The van der Waals surface area contributed by atoms with Gasteiger partial charge in [0.05, 0.1) is 12.6 Å². The molecule has 7 heteroatoms. The van der Waals surface area contributed by atoms with E-state index in [0.29, 0.717) is 19.0 Å². The number of rotatable bonds is 10. The molecule has 0 spiro atoms. The summed E-state index contributed by atoms with van der Waals surface area (Å²) in [6, 6.07) is 9.19. The monoisotopic (exact) mass is 460 g/mol. The largest absolute Gasteiger partial charge is 0.468 e. The Morgan fingerprint density at radius 3 is 2.55 bits per heavy atom. The predicted molar refractivity (Wildman–Crippen MR) is 127 cm³/mol. The van der Waals surface area contributed by atoms with Crippen molar-refractivity contribution in [2.45, 2.75) is 90.4 Å². The maximum absolute atomic E-state index is 13.2. The van der Waals surface area contributed by atoms with Crippen molar-refractivity contribution in [3.8, 4) is 0 Å². The van der Waals surface area contributed by atoms with Crippen molar-refractivity contribution in [1.29, 1.82) is 0 Å². The summed E-state index contributed by atoms with van der Waals surface area (Å²) in [4.78, 5) is 37.2. The van der Waals surface area contributed by atoms with Crippen LogP contribution in [0.25, 0.3) is 0 Å². The van der Waals surface area contributed by atoms with Crippen molar-refractivity contribution in [3.63, 3.8) is 0 Å². The zero-order valence-corrected chi connectivity index (χ0v) is 20.3. The van der Waals surface area contributed by atoms with Crippen LogP contribution in [0.2, 0.25) is 0 Å². The lowest BCUT2D eigenvalue weighted by Gasteiger charge is -2.35. The Bertz CT molecular complexity index is 727. The second-order valence-electron chi connectivity index (χ2n) is 8.78. The molecule has 1 aliphatic carbocycles. The topological polar surface area (TPSA) is 84.9 Å². The van der Waals surface area contributed by atoms with E-state index in [1.165, 1.54) is 6.42 Å². The van der Waals surface area contributed by atoms with Crippen LogP contribution < -0.4 is 5.32 Å². The normalized spacial score (nSPS) is 22.4. The number of hydrogen-bond acceptors (Lipinski definition) is 6. The summed E-state index contributed by atoms with van der Waals surface area (Å²) in [5.41, 5.74) is 0.971. The molecule has 33 heavy (non-hydrogen) atoms. The summed E-state index contributed by atoms with van der Waals surface area (Å²) in [5, 5.41) is 3.33. The van der Waals surface area contributed by atoms with E-state index in [4.69, 9.17) is 4.74 Å². The molecule has 1 saturated heterocycles. The fraction of sp³-hybridized carbons (Fsp3) is 0.654. The Kier molecular flexibility index (Phi) is 11.9. The quantitative estimate of drug-likeness (QED) is 0.324. The second-order valence-corrected chi connectivity index (χ2v) is 8.78. The number of esters is 1. The van der Waals surface area contributed by atoms with Crippen molar-refractivity contribution in [1.82, 2.24) is 10.2 Å². The van der Waals surface area contributed by atoms with Gasteiger partial charge in [-0.3, -0.25) is 9.59 Å². The zero-order valence-electron chi connectivity index (χ0n) is 20.3. The van der Waals surface area contributed by atoms with Crippen molar-refractivity contribution in [3.05, 3.63) is 35.9 Å². The van der Waals surface area contributed by atoms with Gasteiger partial charge in [-0.15, -0.1) is 0 Å².